The molecule has 1 unspecified atom stereocenters. The van der Waals surface area contributed by atoms with Gasteiger partial charge in [0.1, 0.15) is 0 Å². The summed E-state index contributed by atoms with van der Waals surface area (Å²) in [5.41, 5.74) is 11.8. The molecule has 3 N–H and O–H groups in total. The summed E-state index contributed by atoms with van der Waals surface area (Å²) in [5, 5.41) is 9.57. The van der Waals surface area contributed by atoms with Crippen molar-refractivity contribution in [1.29, 1.82) is 0 Å². The fraction of sp³-hybridized carbons (Fsp3) is 0.625. The minimum absolute atomic E-state index is 0.102. The quantitative estimate of drug-likeness (QED) is 0.843. The van der Waals surface area contributed by atoms with Crippen LogP contribution in [0.2, 0.25) is 0 Å². The minimum Gasteiger partial charge on any atom is -0.393 e. The van der Waals surface area contributed by atoms with Crippen LogP contribution in [-0.2, 0) is 0 Å². The van der Waals surface area contributed by atoms with Gasteiger partial charge in [0.05, 0.1) is 6.10 Å². The van der Waals surface area contributed by atoms with Crippen molar-refractivity contribution in [2.45, 2.75) is 58.6 Å². The molecule has 1 atom stereocenters. The van der Waals surface area contributed by atoms with E-state index in [1.807, 2.05) is 0 Å². The van der Waals surface area contributed by atoms with E-state index in [9.17, 15) is 5.11 Å². The second-order valence-electron chi connectivity index (χ2n) is 5.82. The van der Waals surface area contributed by atoms with E-state index in [0.717, 1.165) is 25.7 Å². The lowest BCUT2D eigenvalue weighted by atomic mass is 9.79. The fourth-order valence-electron chi connectivity index (χ4n) is 3.05. The number of nitrogens with two attached hydrogens (primary N) is 1. The molecule has 2 rings (SSSR count). The molecule has 2 nitrogen and oxygen atoms in total. The van der Waals surface area contributed by atoms with Gasteiger partial charge in [0.15, 0.2) is 0 Å². The Labute approximate surface area is 110 Å². The Hall–Kier alpha value is -0.860. The van der Waals surface area contributed by atoms with E-state index in [4.69, 9.17) is 5.73 Å². The van der Waals surface area contributed by atoms with Crippen LogP contribution in [0.4, 0.5) is 0 Å². The smallest absolute Gasteiger partial charge is 0.0540 e. The third kappa shape index (κ3) is 2.60. The van der Waals surface area contributed by atoms with Crippen molar-refractivity contribution in [3.63, 3.8) is 0 Å². The monoisotopic (exact) mass is 247 g/mol. The molecule has 0 aromatic heterocycles. The molecule has 1 aromatic rings. The maximum absolute atomic E-state index is 9.57. The first-order valence-corrected chi connectivity index (χ1v) is 7.01. The van der Waals surface area contributed by atoms with Crippen LogP contribution >= 0.6 is 0 Å². The van der Waals surface area contributed by atoms with Gasteiger partial charge in [-0.05, 0) is 74.6 Å². The van der Waals surface area contributed by atoms with Gasteiger partial charge >= 0.3 is 0 Å². The molecule has 1 aromatic carbocycles. The van der Waals surface area contributed by atoms with E-state index >= 15 is 0 Å². The lowest BCUT2D eigenvalue weighted by molar-refractivity contribution is 0.102. The predicted molar refractivity (Wildman–Crippen MR) is 75.5 cm³/mol. The van der Waals surface area contributed by atoms with Crippen LogP contribution in [0, 0.1) is 26.7 Å². The number of aliphatic hydroxyl groups is 1. The summed E-state index contributed by atoms with van der Waals surface area (Å²) in [6.07, 6.45) is 3.81. The Kier molecular flexibility index (Phi) is 4.08. The lowest BCUT2D eigenvalue weighted by Crippen LogP contribution is -2.28. The summed E-state index contributed by atoms with van der Waals surface area (Å²) in [6.45, 7) is 6.50. The molecule has 1 aliphatic carbocycles. The number of rotatable bonds is 2. The molecule has 100 valence electrons. The molecule has 1 fully saturated rings. The Balaban J connectivity index is 2.18. The van der Waals surface area contributed by atoms with Gasteiger partial charge in [-0.25, -0.2) is 0 Å². The Bertz CT molecular complexity index is 419. The Morgan fingerprint density at radius 2 is 1.67 bits per heavy atom. The first-order valence-electron chi connectivity index (χ1n) is 7.01. The van der Waals surface area contributed by atoms with E-state index in [1.165, 1.54) is 22.3 Å². The summed E-state index contributed by atoms with van der Waals surface area (Å²) in [5.74, 6) is 0.522. The molecule has 0 saturated heterocycles. The molecule has 0 heterocycles. The van der Waals surface area contributed by atoms with Gasteiger partial charge in [-0.15, -0.1) is 0 Å². The van der Waals surface area contributed by atoms with Crippen LogP contribution in [-0.4, -0.2) is 11.2 Å². The minimum atomic E-state index is -0.102. The molecule has 0 radical (unpaired) electrons. The van der Waals surface area contributed by atoms with Crippen molar-refractivity contribution in [2.75, 3.05) is 0 Å². The first kappa shape index (κ1) is 13.6. The van der Waals surface area contributed by atoms with Crippen LogP contribution in [0.5, 0.6) is 0 Å². The number of hydrogen-bond acceptors (Lipinski definition) is 2. The highest BCUT2D eigenvalue weighted by atomic mass is 16.3. The molecule has 18 heavy (non-hydrogen) atoms. The van der Waals surface area contributed by atoms with Crippen LogP contribution in [0.15, 0.2) is 12.1 Å². The summed E-state index contributed by atoms with van der Waals surface area (Å²) >= 11 is 0. The third-order valence-corrected chi connectivity index (χ3v) is 4.71. The van der Waals surface area contributed by atoms with Crippen LogP contribution in [0.3, 0.4) is 0 Å². The van der Waals surface area contributed by atoms with Crippen LogP contribution in [0.25, 0.3) is 0 Å². The average molecular weight is 247 g/mol. The first-order chi connectivity index (χ1) is 8.50. The molecule has 0 amide bonds. The summed E-state index contributed by atoms with van der Waals surface area (Å²) in [4.78, 5) is 0. The molecular formula is C16H25NO. The zero-order chi connectivity index (χ0) is 13.3. The highest BCUT2D eigenvalue weighted by Gasteiger charge is 2.26. The summed E-state index contributed by atoms with van der Waals surface area (Å²) < 4.78 is 0. The maximum Gasteiger partial charge on any atom is 0.0540 e. The number of aliphatic hydroxyl groups excluding tert-OH is 1. The molecule has 0 aliphatic heterocycles. The van der Waals surface area contributed by atoms with Crippen LogP contribution in [0.1, 0.15) is 54.0 Å². The van der Waals surface area contributed by atoms with Gasteiger partial charge in [0, 0.05) is 6.04 Å². The number of hydrogen-bond donors (Lipinski definition) is 2. The van der Waals surface area contributed by atoms with Gasteiger partial charge in [0.2, 0.25) is 0 Å². The zero-order valence-corrected chi connectivity index (χ0v) is 11.7. The molecule has 1 aliphatic rings. The van der Waals surface area contributed by atoms with Crippen molar-refractivity contribution in [3.8, 4) is 0 Å². The lowest BCUT2D eigenvalue weighted by Gasteiger charge is -2.31. The van der Waals surface area contributed by atoms with Crippen molar-refractivity contribution < 1.29 is 5.11 Å². The third-order valence-electron chi connectivity index (χ3n) is 4.71. The van der Waals surface area contributed by atoms with Crippen molar-refractivity contribution in [1.82, 2.24) is 0 Å². The standard InChI is InChI=1S/C16H25NO/c1-10-4-9-15(12(3)11(10)2)16(17)13-5-7-14(18)8-6-13/h4,9,13-14,16,18H,5-8,17H2,1-3H3. The van der Waals surface area contributed by atoms with E-state index in [-0.39, 0.29) is 12.1 Å². The van der Waals surface area contributed by atoms with Gasteiger partial charge < -0.3 is 10.8 Å². The largest absolute Gasteiger partial charge is 0.393 e. The van der Waals surface area contributed by atoms with Crippen molar-refractivity contribution in [2.24, 2.45) is 11.7 Å². The van der Waals surface area contributed by atoms with Gasteiger partial charge in [-0.2, -0.15) is 0 Å². The molecule has 0 spiro atoms. The van der Waals surface area contributed by atoms with E-state index < -0.39 is 0 Å². The Morgan fingerprint density at radius 1 is 1.06 bits per heavy atom. The second-order valence-corrected chi connectivity index (χ2v) is 5.82. The van der Waals surface area contributed by atoms with Gasteiger partial charge in [-0.1, -0.05) is 12.1 Å². The topological polar surface area (TPSA) is 46.2 Å². The number of aryl methyl sites for hydroxylation is 1. The van der Waals surface area contributed by atoms with E-state index in [2.05, 4.69) is 32.9 Å². The highest BCUT2D eigenvalue weighted by Crippen LogP contribution is 2.35. The SMILES string of the molecule is Cc1ccc(C(N)C2CCC(O)CC2)c(C)c1C. The second kappa shape index (κ2) is 5.41. The van der Waals surface area contributed by atoms with Crippen LogP contribution < -0.4 is 5.73 Å². The van der Waals surface area contributed by atoms with E-state index in [0.29, 0.717) is 5.92 Å². The molecule has 1 saturated carbocycles. The van der Waals surface area contributed by atoms with Gasteiger partial charge in [-0.3, -0.25) is 0 Å². The zero-order valence-electron chi connectivity index (χ0n) is 11.7. The summed E-state index contributed by atoms with van der Waals surface area (Å²) in [7, 11) is 0. The maximum atomic E-state index is 9.57. The van der Waals surface area contributed by atoms with E-state index in [1.54, 1.807) is 0 Å². The van der Waals surface area contributed by atoms with Crippen molar-refractivity contribution >= 4 is 0 Å². The number of benzene rings is 1. The predicted octanol–water partition coefficient (Wildman–Crippen LogP) is 3.16. The molecule has 0 bridgehead atoms. The normalized spacial score (nSPS) is 26.1. The Morgan fingerprint density at radius 3 is 2.28 bits per heavy atom. The summed E-state index contributed by atoms with van der Waals surface area (Å²) in [6, 6.07) is 4.49. The van der Waals surface area contributed by atoms with Crippen molar-refractivity contribution in [3.05, 3.63) is 34.4 Å². The molecule has 2 heteroatoms. The fourth-order valence-corrected chi connectivity index (χ4v) is 3.05. The highest BCUT2D eigenvalue weighted by molar-refractivity contribution is 5.40. The molecular weight excluding hydrogens is 222 g/mol. The average Bonchev–Trinajstić information content (AvgIpc) is 2.36. The van der Waals surface area contributed by atoms with Gasteiger partial charge in [0.25, 0.3) is 0 Å².